The molecule has 1 fully saturated rings. The number of nitrogens with zero attached hydrogens (tertiary/aromatic N) is 4. The van der Waals surface area contributed by atoms with Gasteiger partial charge in [-0.05, 0) is 43.8 Å². The first-order valence-corrected chi connectivity index (χ1v) is 13.4. The summed E-state index contributed by atoms with van der Waals surface area (Å²) >= 11 is 1.28. The van der Waals surface area contributed by atoms with Gasteiger partial charge in [0.05, 0.1) is 35.3 Å². The van der Waals surface area contributed by atoms with Gasteiger partial charge in [-0.1, -0.05) is 11.2 Å². The van der Waals surface area contributed by atoms with Crippen LogP contribution in [0.1, 0.15) is 26.9 Å². The van der Waals surface area contributed by atoms with Crippen LogP contribution in [-0.2, 0) is 24.4 Å². The molecule has 1 amide bonds. The summed E-state index contributed by atoms with van der Waals surface area (Å²) in [5.41, 5.74) is 0.909. The average Bonchev–Trinajstić information content (AvgIpc) is 3.63. The number of hydrogen-bond acceptors (Lipinski definition) is 8. The van der Waals surface area contributed by atoms with Gasteiger partial charge in [-0.3, -0.25) is 4.79 Å². The summed E-state index contributed by atoms with van der Waals surface area (Å²) in [6.07, 6.45) is -5.09. The number of aromatic nitrogens is 3. The van der Waals surface area contributed by atoms with Gasteiger partial charge in [0.15, 0.2) is 0 Å². The molecule has 0 saturated carbocycles. The first kappa shape index (κ1) is 28.1. The number of hydrogen-bond donors (Lipinski definition) is 2. The van der Waals surface area contributed by atoms with Crippen molar-refractivity contribution < 1.29 is 31.6 Å². The van der Waals surface area contributed by atoms with Gasteiger partial charge in [0.2, 0.25) is 11.7 Å². The minimum atomic E-state index is -4.52. The van der Waals surface area contributed by atoms with E-state index in [9.17, 15) is 22.4 Å². The summed E-state index contributed by atoms with van der Waals surface area (Å²) in [4.78, 5) is 20.0. The number of ether oxygens (including phenoxy) is 1. The third kappa shape index (κ3) is 6.29. The number of carbonyl (C=O) groups excluding carboxylic acids is 1. The Hall–Kier alpha value is -3.49. The number of benzene rings is 1. The van der Waals surface area contributed by atoms with Crippen LogP contribution in [0.2, 0.25) is 0 Å². The molecule has 9 nitrogen and oxygen atoms in total. The normalized spacial score (nSPS) is 18.4. The van der Waals surface area contributed by atoms with Crippen molar-refractivity contribution in [3.8, 4) is 11.5 Å². The monoisotopic (exact) mass is 580 g/mol. The molecule has 0 radical (unpaired) electrons. The van der Waals surface area contributed by atoms with Crippen molar-refractivity contribution in [1.29, 1.82) is 0 Å². The van der Waals surface area contributed by atoms with Gasteiger partial charge in [-0.15, -0.1) is 11.3 Å². The molecule has 3 aromatic heterocycles. The number of amides is 1. The van der Waals surface area contributed by atoms with Gasteiger partial charge in [-0.25, -0.2) is 4.39 Å². The average molecular weight is 581 g/mol. The Morgan fingerprint density at radius 3 is 2.85 bits per heavy atom. The maximum absolute atomic E-state index is 14.7. The number of likely N-dealkylation sites (tertiary alicyclic amines) is 1. The molecule has 0 bridgehead atoms. The Labute approximate surface area is 231 Å². The molecule has 1 aliphatic heterocycles. The molecule has 1 aromatic carbocycles. The van der Waals surface area contributed by atoms with Gasteiger partial charge in [0.25, 0.3) is 5.91 Å². The smallest absolute Gasteiger partial charge is 0.379 e. The van der Waals surface area contributed by atoms with E-state index in [0.29, 0.717) is 41.0 Å². The van der Waals surface area contributed by atoms with Crippen molar-refractivity contribution in [2.75, 3.05) is 32.6 Å². The molecule has 0 spiro atoms. The Morgan fingerprint density at radius 2 is 2.10 bits per heavy atom. The summed E-state index contributed by atoms with van der Waals surface area (Å²) in [6.45, 7) is -0.0173. The second kappa shape index (κ2) is 11.6. The van der Waals surface area contributed by atoms with E-state index in [2.05, 4.69) is 20.8 Å². The minimum absolute atomic E-state index is 0.0331. The lowest BCUT2D eigenvalue weighted by Crippen LogP contribution is -2.46. The standard InChI is InChI=1S/C26H28F4N6O3S/c1-35-9-8-19(17(27)12-35)32-18-4-3-5-20-16(18)10-21(36(20)14-26(28,29)30)24-33-23(39-34-24)11-31-25(37)22-7-6-15(40-22)13-38-2/h3-7,10,17,19,32H,8-9,11-14H2,1-2H3,(H,31,37)/t17-,19+/m0/s1. The molecular weight excluding hydrogens is 552 g/mol. The molecule has 0 aliphatic carbocycles. The second-order valence-electron chi connectivity index (χ2n) is 9.68. The Balaban J connectivity index is 1.40. The van der Waals surface area contributed by atoms with Gasteiger partial charge in [0.1, 0.15) is 12.7 Å². The van der Waals surface area contributed by atoms with E-state index in [1.54, 1.807) is 43.5 Å². The molecule has 0 unspecified atom stereocenters. The zero-order valence-electron chi connectivity index (χ0n) is 21.8. The number of nitrogens with one attached hydrogen (secondary N) is 2. The largest absolute Gasteiger partial charge is 0.406 e. The Bertz CT molecular complexity index is 1480. The molecular formula is C26H28F4N6O3S. The molecule has 214 valence electrons. The maximum Gasteiger partial charge on any atom is 0.406 e. The predicted molar refractivity (Wildman–Crippen MR) is 142 cm³/mol. The lowest BCUT2D eigenvalue weighted by Gasteiger charge is -2.33. The predicted octanol–water partition coefficient (Wildman–Crippen LogP) is 4.85. The summed E-state index contributed by atoms with van der Waals surface area (Å²) in [6, 6.07) is 9.45. The van der Waals surface area contributed by atoms with E-state index in [0.717, 1.165) is 9.44 Å². The molecule has 40 heavy (non-hydrogen) atoms. The Kier molecular flexibility index (Phi) is 8.10. The first-order valence-electron chi connectivity index (χ1n) is 12.6. The fourth-order valence-corrected chi connectivity index (χ4v) is 5.65. The maximum atomic E-state index is 14.7. The SMILES string of the molecule is COCc1ccc(C(=O)NCc2nc(-c3cc4c(N[C@@H]5CCN(C)C[C@@H]5F)cccc4n3CC(F)(F)F)no2)s1. The van der Waals surface area contributed by atoms with Gasteiger partial charge >= 0.3 is 6.18 Å². The summed E-state index contributed by atoms with van der Waals surface area (Å²) < 4.78 is 66.9. The number of halogens is 4. The fraction of sp³-hybridized carbons (Fsp3) is 0.423. The number of fused-ring (bicyclic) bond motifs is 1. The Morgan fingerprint density at radius 1 is 1.27 bits per heavy atom. The van der Waals surface area contributed by atoms with Gasteiger partial charge in [0, 0.05) is 36.2 Å². The molecule has 2 atom stereocenters. The van der Waals surface area contributed by atoms with Crippen molar-refractivity contribution in [3.63, 3.8) is 0 Å². The van der Waals surface area contributed by atoms with Crippen LogP contribution in [0.25, 0.3) is 22.4 Å². The van der Waals surface area contributed by atoms with E-state index in [1.165, 1.54) is 11.3 Å². The molecule has 1 saturated heterocycles. The minimum Gasteiger partial charge on any atom is -0.379 e. The van der Waals surface area contributed by atoms with Crippen molar-refractivity contribution in [2.24, 2.45) is 0 Å². The third-order valence-corrected chi connectivity index (χ3v) is 7.70. The highest BCUT2D eigenvalue weighted by Gasteiger charge is 2.32. The zero-order chi connectivity index (χ0) is 28.4. The van der Waals surface area contributed by atoms with E-state index in [-0.39, 0.29) is 36.4 Å². The number of alkyl halides is 4. The highest BCUT2D eigenvalue weighted by molar-refractivity contribution is 7.14. The van der Waals surface area contributed by atoms with Crippen molar-refractivity contribution in [1.82, 2.24) is 24.9 Å². The number of rotatable bonds is 9. The van der Waals surface area contributed by atoms with Crippen LogP contribution >= 0.6 is 11.3 Å². The molecule has 4 aromatic rings. The van der Waals surface area contributed by atoms with E-state index in [4.69, 9.17) is 9.26 Å². The van der Waals surface area contributed by atoms with Gasteiger partial charge in [-0.2, -0.15) is 18.2 Å². The molecule has 14 heteroatoms. The molecule has 5 rings (SSSR count). The lowest BCUT2D eigenvalue weighted by molar-refractivity contribution is -0.139. The van der Waals surface area contributed by atoms with Crippen LogP contribution in [-0.4, -0.2) is 71.2 Å². The van der Waals surface area contributed by atoms with Crippen molar-refractivity contribution in [2.45, 2.75) is 44.5 Å². The number of thiophene rings is 1. The van der Waals surface area contributed by atoms with E-state index in [1.807, 2.05) is 11.9 Å². The van der Waals surface area contributed by atoms with Crippen molar-refractivity contribution >= 4 is 33.8 Å². The van der Waals surface area contributed by atoms with Crippen LogP contribution in [0.4, 0.5) is 23.2 Å². The first-order chi connectivity index (χ1) is 19.1. The van der Waals surface area contributed by atoms with E-state index < -0.39 is 24.9 Å². The summed E-state index contributed by atoms with van der Waals surface area (Å²) in [5, 5.41) is 10.2. The van der Waals surface area contributed by atoms with E-state index >= 15 is 0 Å². The number of anilines is 1. The van der Waals surface area contributed by atoms with Crippen LogP contribution < -0.4 is 10.6 Å². The number of piperidine rings is 1. The summed E-state index contributed by atoms with van der Waals surface area (Å²) in [5.74, 6) is -0.378. The van der Waals surface area contributed by atoms with Crippen molar-refractivity contribution in [3.05, 3.63) is 52.0 Å². The van der Waals surface area contributed by atoms with Crippen LogP contribution in [0, 0.1) is 0 Å². The van der Waals surface area contributed by atoms with Gasteiger partial charge < -0.3 is 29.4 Å². The molecule has 2 N–H and O–H groups in total. The zero-order valence-corrected chi connectivity index (χ0v) is 22.6. The lowest BCUT2D eigenvalue weighted by atomic mass is 10.0. The number of methoxy groups -OCH3 is 1. The van der Waals surface area contributed by atoms with Crippen LogP contribution in [0.3, 0.4) is 0 Å². The molecule has 4 heterocycles. The number of carbonyl (C=O) groups is 1. The third-order valence-electron chi connectivity index (χ3n) is 6.64. The fourth-order valence-electron chi connectivity index (χ4n) is 4.76. The molecule has 1 aliphatic rings. The summed E-state index contributed by atoms with van der Waals surface area (Å²) in [7, 11) is 3.41. The quantitative estimate of drug-likeness (QED) is 0.274. The second-order valence-corrected chi connectivity index (χ2v) is 10.8. The topological polar surface area (TPSA) is 97.4 Å². The van der Waals surface area contributed by atoms with Crippen LogP contribution in [0.5, 0.6) is 0 Å². The van der Waals surface area contributed by atoms with Crippen LogP contribution in [0.15, 0.2) is 40.9 Å². The highest BCUT2D eigenvalue weighted by atomic mass is 32.1. The highest BCUT2D eigenvalue weighted by Crippen LogP contribution is 2.35.